The molecule has 3 heterocycles. The molecule has 0 atom stereocenters. The minimum Gasteiger partial charge on any atom is -0.352 e. The lowest BCUT2D eigenvalue weighted by Crippen LogP contribution is -2.58. The van der Waals surface area contributed by atoms with E-state index in [2.05, 4.69) is 38.2 Å². The van der Waals surface area contributed by atoms with Gasteiger partial charge < -0.3 is 4.90 Å². The first-order valence-corrected chi connectivity index (χ1v) is 8.93. The van der Waals surface area contributed by atoms with Crippen molar-refractivity contribution in [1.82, 2.24) is 24.9 Å². The molecule has 0 amide bonds. The van der Waals surface area contributed by atoms with Gasteiger partial charge in [-0.25, -0.2) is 4.68 Å². The van der Waals surface area contributed by atoms with Gasteiger partial charge >= 0.3 is 0 Å². The monoisotopic (exact) mass is 340 g/mol. The Balaban J connectivity index is 1.38. The van der Waals surface area contributed by atoms with Crippen molar-refractivity contribution in [1.29, 1.82) is 0 Å². The van der Waals surface area contributed by atoms with Crippen molar-refractivity contribution >= 4 is 5.82 Å². The van der Waals surface area contributed by atoms with Crippen LogP contribution in [0.1, 0.15) is 29.7 Å². The number of hydrogen-bond donors (Lipinski definition) is 0. The van der Waals surface area contributed by atoms with E-state index in [9.17, 15) is 4.79 Å². The van der Waals surface area contributed by atoms with Crippen LogP contribution < -0.4 is 10.5 Å². The van der Waals surface area contributed by atoms with Crippen LogP contribution in [0.15, 0.2) is 23.1 Å². The van der Waals surface area contributed by atoms with Crippen LogP contribution in [-0.4, -0.2) is 51.1 Å². The Morgan fingerprint density at radius 3 is 2.88 bits per heavy atom. The Bertz CT molecular complexity index is 827. The maximum Gasteiger partial charge on any atom is 0.270 e. The number of fused-ring (bicyclic) bond motifs is 1. The van der Waals surface area contributed by atoms with Gasteiger partial charge in [-0.2, -0.15) is 10.2 Å². The van der Waals surface area contributed by atoms with Gasteiger partial charge in [0, 0.05) is 44.5 Å². The lowest BCUT2D eigenvalue weighted by atomic mass is 9.96. The summed E-state index contributed by atoms with van der Waals surface area (Å²) >= 11 is 0. The molecule has 1 aliphatic carbocycles. The molecule has 1 fully saturated rings. The van der Waals surface area contributed by atoms with Crippen LogP contribution in [0, 0.1) is 0 Å². The number of aromatic nitrogens is 4. The molecule has 2 aromatic heterocycles. The van der Waals surface area contributed by atoms with Crippen LogP contribution in [-0.2, 0) is 26.4 Å². The Morgan fingerprint density at radius 2 is 2.04 bits per heavy atom. The van der Waals surface area contributed by atoms with Gasteiger partial charge in [-0.1, -0.05) is 0 Å². The van der Waals surface area contributed by atoms with Crippen LogP contribution in [0.4, 0.5) is 5.82 Å². The van der Waals surface area contributed by atoms with E-state index >= 15 is 0 Å². The first-order valence-electron chi connectivity index (χ1n) is 8.93. The average Bonchev–Trinajstić information content (AvgIpc) is 2.57. The Kier molecular flexibility index (Phi) is 4.25. The number of nitrogens with zero attached hydrogens (tertiary/aromatic N) is 6. The van der Waals surface area contributed by atoms with Gasteiger partial charge in [0.1, 0.15) is 0 Å². The molecular formula is C18H24N6O. The molecule has 7 nitrogen and oxygen atoms in total. The van der Waals surface area contributed by atoms with Crippen molar-refractivity contribution in [3.63, 3.8) is 0 Å². The number of anilines is 1. The highest BCUT2D eigenvalue weighted by atomic mass is 16.1. The number of likely N-dealkylation sites (N-methyl/N-ethyl adjacent to an activating group) is 1. The molecule has 7 heteroatoms. The van der Waals surface area contributed by atoms with Gasteiger partial charge in [-0.05, 0) is 50.4 Å². The molecule has 0 spiro atoms. The Hall–Kier alpha value is -2.28. The van der Waals surface area contributed by atoms with Gasteiger partial charge in [-0.15, -0.1) is 5.10 Å². The van der Waals surface area contributed by atoms with E-state index in [4.69, 9.17) is 0 Å². The van der Waals surface area contributed by atoms with Crippen molar-refractivity contribution in [2.75, 3.05) is 25.0 Å². The second-order valence-corrected chi connectivity index (χ2v) is 7.14. The summed E-state index contributed by atoms with van der Waals surface area (Å²) in [6.45, 7) is 2.49. The molecule has 0 saturated carbocycles. The SMILES string of the molecule is CN(Cc1ccnn(C)c1=O)C1CN(c2cc3c(nn2)CCCC3)C1. The van der Waals surface area contributed by atoms with Crippen LogP contribution in [0.3, 0.4) is 0 Å². The largest absolute Gasteiger partial charge is 0.352 e. The summed E-state index contributed by atoms with van der Waals surface area (Å²) in [7, 11) is 3.76. The zero-order valence-corrected chi connectivity index (χ0v) is 14.9. The Labute approximate surface area is 147 Å². The quantitative estimate of drug-likeness (QED) is 0.819. The normalized spacial score (nSPS) is 17.5. The van der Waals surface area contributed by atoms with Crippen molar-refractivity contribution in [3.8, 4) is 0 Å². The zero-order valence-electron chi connectivity index (χ0n) is 14.9. The highest BCUT2D eigenvalue weighted by Crippen LogP contribution is 2.26. The second kappa shape index (κ2) is 6.55. The molecule has 132 valence electrons. The van der Waals surface area contributed by atoms with E-state index in [0.717, 1.165) is 37.3 Å². The van der Waals surface area contributed by atoms with Crippen molar-refractivity contribution in [2.24, 2.45) is 7.05 Å². The average molecular weight is 340 g/mol. The lowest BCUT2D eigenvalue weighted by Gasteiger charge is -2.44. The molecule has 2 aromatic rings. The molecule has 25 heavy (non-hydrogen) atoms. The molecule has 0 bridgehead atoms. The first kappa shape index (κ1) is 16.2. The summed E-state index contributed by atoms with van der Waals surface area (Å²) in [6.07, 6.45) is 6.35. The summed E-state index contributed by atoms with van der Waals surface area (Å²) in [5.74, 6) is 0.991. The summed E-state index contributed by atoms with van der Waals surface area (Å²) in [5, 5.41) is 12.8. The van der Waals surface area contributed by atoms with Gasteiger partial charge in [0.2, 0.25) is 0 Å². The molecule has 2 aliphatic rings. The third-order valence-corrected chi connectivity index (χ3v) is 5.37. The molecular weight excluding hydrogens is 316 g/mol. The molecule has 0 radical (unpaired) electrons. The van der Waals surface area contributed by atoms with Crippen LogP contribution >= 0.6 is 0 Å². The standard InChI is InChI=1S/C18H24N6O/c1-22(10-14-7-8-19-23(2)18(14)25)15-11-24(12-15)17-9-13-5-3-4-6-16(13)20-21-17/h7-9,15H,3-6,10-12H2,1-2H3. The highest BCUT2D eigenvalue weighted by Gasteiger charge is 2.32. The molecule has 1 aliphatic heterocycles. The minimum absolute atomic E-state index is 0.0221. The van der Waals surface area contributed by atoms with Gasteiger partial charge in [0.05, 0.1) is 5.69 Å². The van der Waals surface area contributed by atoms with E-state index in [-0.39, 0.29) is 5.56 Å². The zero-order chi connectivity index (χ0) is 17.4. The molecule has 0 N–H and O–H groups in total. The topological polar surface area (TPSA) is 67.2 Å². The summed E-state index contributed by atoms with van der Waals surface area (Å²) in [5.41, 5.74) is 3.31. The maximum absolute atomic E-state index is 12.1. The van der Waals surface area contributed by atoms with Crippen LogP contribution in [0.5, 0.6) is 0 Å². The van der Waals surface area contributed by atoms with E-state index in [0.29, 0.717) is 12.6 Å². The van der Waals surface area contributed by atoms with Crippen molar-refractivity contribution < 1.29 is 0 Å². The third kappa shape index (κ3) is 3.16. The number of aryl methyl sites for hydroxylation is 3. The van der Waals surface area contributed by atoms with Gasteiger partial charge in [0.15, 0.2) is 5.82 Å². The van der Waals surface area contributed by atoms with Crippen molar-refractivity contribution in [2.45, 2.75) is 38.3 Å². The predicted molar refractivity (Wildman–Crippen MR) is 95.6 cm³/mol. The smallest absolute Gasteiger partial charge is 0.270 e. The number of hydrogen-bond acceptors (Lipinski definition) is 6. The molecule has 1 saturated heterocycles. The van der Waals surface area contributed by atoms with Gasteiger partial charge in [-0.3, -0.25) is 9.69 Å². The second-order valence-electron chi connectivity index (χ2n) is 7.14. The van der Waals surface area contributed by atoms with Crippen LogP contribution in [0.25, 0.3) is 0 Å². The third-order valence-electron chi connectivity index (χ3n) is 5.37. The van der Waals surface area contributed by atoms with E-state index < -0.39 is 0 Å². The first-order chi connectivity index (χ1) is 12.1. The molecule has 0 aromatic carbocycles. The van der Waals surface area contributed by atoms with Crippen LogP contribution in [0.2, 0.25) is 0 Å². The minimum atomic E-state index is -0.0221. The number of rotatable bonds is 4. The van der Waals surface area contributed by atoms with E-state index in [1.807, 2.05) is 6.07 Å². The Morgan fingerprint density at radius 1 is 1.24 bits per heavy atom. The van der Waals surface area contributed by atoms with Crippen molar-refractivity contribution in [3.05, 3.63) is 45.5 Å². The van der Waals surface area contributed by atoms with Gasteiger partial charge in [0.25, 0.3) is 5.56 Å². The molecule has 4 rings (SSSR count). The summed E-state index contributed by atoms with van der Waals surface area (Å²) in [6, 6.07) is 4.45. The highest BCUT2D eigenvalue weighted by molar-refractivity contribution is 5.45. The van der Waals surface area contributed by atoms with E-state index in [1.54, 1.807) is 13.2 Å². The summed E-state index contributed by atoms with van der Waals surface area (Å²) in [4.78, 5) is 16.6. The van der Waals surface area contributed by atoms with E-state index in [1.165, 1.54) is 28.8 Å². The fraction of sp³-hybridized carbons (Fsp3) is 0.556. The fourth-order valence-corrected chi connectivity index (χ4v) is 3.63. The maximum atomic E-state index is 12.1. The molecule has 0 unspecified atom stereocenters. The summed E-state index contributed by atoms with van der Waals surface area (Å²) < 4.78 is 1.39. The lowest BCUT2D eigenvalue weighted by molar-refractivity contribution is 0.195. The fourth-order valence-electron chi connectivity index (χ4n) is 3.63. The predicted octanol–water partition coefficient (Wildman–Crippen LogP) is 0.770.